The van der Waals surface area contributed by atoms with Gasteiger partial charge in [-0.05, 0) is 49.4 Å². The van der Waals surface area contributed by atoms with Crippen molar-refractivity contribution in [3.63, 3.8) is 0 Å². The molecule has 0 amide bonds. The van der Waals surface area contributed by atoms with Crippen LogP contribution in [0.4, 0.5) is 5.69 Å². The van der Waals surface area contributed by atoms with E-state index in [0.29, 0.717) is 40.3 Å². The van der Waals surface area contributed by atoms with Crippen LogP contribution in [0.25, 0.3) is 11.0 Å². The van der Waals surface area contributed by atoms with Crippen LogP contribution in [0, 0.1) is 6.92 Å². The molecule has 0 spiro atoms. The summed E-state index contributed by atoms with van der Waals surface area (Å²) in [4.78, 5) is 17.9. The van der Waals surface area contributed by atoms with E-state index in [1.807, 2.05) is 24.3 Å². The van der Waals surface area contributed by atoms with Gasteiger partial charge in [-0.3, -0.25) is 9.69 Å². The van der Waals surface area contributed by atoms with Crippen LogP contribution in [0.3, 0.4) is 0 Å². The fourth-order valence-corrected chi connectivity index (χ4v) is 4.72. The Bertz CT molecular complexity index is 1460. The minimum atomic E-state index is -0.299. The fourth-order valence-electron chi connectivity index (χ4n) is 4.54. The molecule has 0 atom stereocenters. The summed E-state index contributed by atoms with van der Waals surface area (Å²) in [7, 11) is 1.54. The molecular weight excluding hydrogens is 480 g/mol. The first-order chi connectivity index (χ1) is 17.4. The van der Waals surface area contributed by atoms with Crippen LogP contribution in [-0.4, -0.2) is 43.3 Å². The summed E-state index contributed by atoms with van der Waals surface area (Å²) >= 11 is 6.15. The molecule has 186 valence electrons. The zero-order valence-corrected chi connectivity index (χ0v) is 20.9. The van der Waals surface area contributed by atoms with Gasteiger partial charge in [0.25, 0.3) is 0 Å². The normalized spacial score (nSPS) is 14.2. The van der Waals surface area contributed by atoms with Gasteiger partial charge in [-0.25, -0.2) is 0 Å². The molecule has 1 saturated heterocycles. The smallest absolute Gasteiger partial charge is 0.235 e. The molecule has 0 bridgehead atoms. The lowest BCUT2D eigenvalue weighted by molar-refractivity contribution is 0.246. The molecule has 0 aliphatic carbocycles. The second-order valence-electron chi connectivity index (χ2n) is 8.75. The highest BCUT2D eigenvalue weighted by Crippen LogP contribution is 2.34. The number of piperazine rings is 1. The predicted octanol–water partition coefficient (Wildman–Crippen LogP) is 5.58. The first-order valence-electron chi connectivity index (χ1n) is 11.8. The molecule has 1 fully saturated rings. The van der Waals surface area contributed by atoms with Gasteiger partial charge in [0.15, 0.2) is 11.5 Å². The first kappa shape index (κ1) is 24.0. The maximum atomic E-state index is 13.4. The average Bonchev–Trinajstić information content (AvgIpc) is 2.89. The number of aromatic hydroxyl groups is 1. The van der Waals surface area contributed by atoms with Crippen molar-refractivity contribution < 1.29 is 19.0 Å². The predicted molar refractivity (Wildman–Crippen MR) is 141 cm³/mol. The topological polar surface area (TPSA) is 75.4 Å². The fraction of sp³-hybridized carbons (Fsp3) is 0.250. The summed E-state index contributed by atoms with van der Waals surface area (Å²) in [6.07, 6.45) is 0. The summed E-state index contributed by atoms with van der Waals surface area (Å²) in [5.74, 6) is 1.46. The van der Waals surface area contributed by atoms with Crippen LogP contribution >= 0.6 is 11.6 Å². The van der Waals surface area contributed by atoms with E-state index in [4.69, 9.17) is 25.5 Å². The molecular formula is C28H27ClN2O5. The third-order valence-electron chi connectivity index (χ3n) is 6.47. The number of methoxy groups -OCH3 is 1. The monoisotopic (exact) mass is 506 g/mol. The number of halogens is 1. The Labute approximate surface area is 214 Å². The quantitative estimate of drug-likeness (QED) is 0.365. The van der Waals surface area contributed by atoms with Crippen LogP contribution in [0.5, 0.6) is 23.0 Å². The highest BCUT2D eigenvalue weighted by atomic mass is 35.5. The average molecular weight is 507 g/mol. The van der Waals surface area contributed by atoms with Gasteiger partial charge in [-0.1, -0.05) is 29.8 Å². The van der Waals surface area contributed by atoms with Gasteiger partial charge in [-0.2, -0.15) is 0 Å². The van der Waals surface area contributed by atoms with E-state index in [1.54, 1.807) is 44.4 Å². The van der Waals surface area contributed by atoms with Gasteiger partial charge in [-0.15, -0.1) is 0 Å². The molecule has 4 aromatic rings. The number of benzene rings is 3. The number of ether oxygens (including phenoxy) is 2. The number of aryl methyl sites for hydroxylation is 1. The Morgan fingerprint density at radius 3 is 2.47 bits per heavy atom. The highest BCUT2D eigenvalue weighted by molar-refractivity contribution is 6.30. The molecule has 1 aromatic heterocycles. The van der Waals surface area contributed by atoms with Crippen LogP contribution < -0.4 is 19.8 Å². The van der Waals surface area contributed by atoms with E-state index in [2.05, 4.69) is 15.9 Å². The van der Waals surface area contributed by atoms with Gasteiger partial charge in [0.05, 0.1) is 18.1 Å². The molecule has 5 rings (SSSR count). The molecule has 7 nitrogen and oxygen atoms in total. The molecule has 0 saturated carbocycles. The Kier molecular flexibility index (Phi) is 6.76. The summed E-state index contributed by atoms with van der Waals surface area (Å²) in [6, 6.07) is 18.1. The van der Waals surface area contributed by atoms with E-state index in [-0.39, 0.29) is 16.9 Å². The second-order valence-corrected chi connectivity index (χ2v) is 9.19. The van der Waals surface area contributed by atoms with E-state index in [0.717, 1.165) is 36.9 Å². The molecule has 0 radical (unpaired) electrons. The lowest BCUT2D eigenvalue weighted by atomic mass is 10.1. The molecule has 1 aliphatic rings. The van der Waals surface area contributed by atoms with E-state index < -0.39 is 0 Å². The zero-order valence-electron chi connectivity index (χ0n) is 20.2. The molecule has 1 N–H and O–H groups in total. The maximum absolute atomic E-state index is 13.4. The summed E-state index contributed by atoms with van der Waals surface area (Å²) in [6.45, 7) is 5.38. The van der Waals surface area contributed by atoms with Crippen molar-refractivity contribution in [2.24, 2.45) is 0 Å². The highest BCUT2D eigenvalue weighted by Gasteiger charge is 2.23. The number of rotatable bonds is 6. The number of para-hydroxylation sites is 2. The summed E-state index contributed by atoms with van der Waals surface area (Å²) < 4.78 is 17.4. The minimum absolute atomic E-state index is 0.0961. The number of nitrogens with zero attached hydrogens (tertiary/aromatic N) is 2. The van der Waals surface area contributed by atoms with Crippen LogP contribution in [-0.2, 0) is 6.54 Å². The lowest BCUT2D eigenvalue weighted by Crippen LogP contribution is -2.46. The van der Waals surface area contributed by atoms with Crippen molar-refractivity contribution in [2.75, 3.05) is 38.2 Å². The van der Waals surface area contributed by atoms with Gasteiger partial charge in [0.2, 0.25) is 11.2 Å². The van der Waals surface area contributed by atoms with E-state index in [9.17, 15) is 9.90 Å². The molecule has 2 heterocycles. The number of phenols is 1. The standard InChI is InChI=1S/C28H27ClN2O5/c1-18-27(36-25-9-4-3-8-24(25)34-2)26(33)21-10-11-23(32)22(28(21)35-18)17-30-12-14-31(15-13-30)20-7-5-6-19(29)16-20/h3-11,16,32H,12-15,17H2,1-2H3. The van der Waals surface area contributed by atoms with Crippen LogP contribution in [0.1, 0.15) is 11.3 Å². The molecule has 3 aromatic carbocycles. The van der Waals surface area contributed by atoms with Crippen molar-refractivity contribution in [3.05, 3.63) is 87.2 Å². The molecule has 36 heavy (non-hydrogen) atoms. The lowest BCUT2D eigenvalue weighted by Gasteiger charge is -2.36. The zero-order chi connectivity index (χ0) is 25.2. The van der Waals surface area contributed by atoms with Gasteiger partial charge >= 0.3 is 0 Å². The molecule has 1 aliphatic heterocycles. The van der Waals surface area contributed by atoms with Crippen molar-refractivity contribution in [2.45, 2.75) is 13.5 Å². The van der Waals surface area contributed by atoms with E-state index >= 15 is 0 Å². The third-order valence-corrected chi connectivity index (χ3v) is 6.71. The Morgan fingerprint density at radius 2 is 1.75 bits per heavy atom. The van der Waals surface area contributed by atoms with Crippen molar-refractivity contribution in [3.8, 4) is 23.0 Å². The largest absolute Gasteiger partial charge is 0.507 e. The molecule has 8 heteroatoms. The number of hydrogen-bond donors (Lipinski definition) is 1. The Balaban J connectivity index is 1.41. The summed E-state index contributed by atoms with van der Waals surface area (Å²) in [5.41, 5.74) is 1.76. The van der Waals surface area contributed by atoms with Crippen LogP contribution in [0.15, 0.2) is 69.9 Å². The third kappa shape index (κ3) is 4.72. The van der Waals surface area contributed by atoms with Gasteiger partial charge in [0, 0.05) is 43.4 Å². The van der Waals surface area contributed by atoms with Crippen molar-refractivity contribution >= 4 is 28.3 Å². The van der Waals surface area contributed by atoms with Gasteiger partial charge in [0.1, 0.15) is 17.1 Å². The SMILES string of the molecule is COc1ccccc1Oc1c(C)oc2c(CN3CCN(c4cccc(Cl)c4)CC3)c(O)ccc2c1=O. The minimum Gasteiger partial charge on any atom is -0.507 e. The number of hydrogen-bond acceptors (Lipinski definition) is 7. The number of phenolic OH excluding ortho intramolecular Hbond substituents is 1. The van der Waals surface area contributed by atoms with Crippen molar-refractivity contribution in [1.29, 1.82) is 0 Å². The number of fused-ring (bicyclic) bond motifs is 1. The van der Waals surface area contributed by atoms with Gasteiger partial charge < -0.3 is 23.9 Å². The summed E-state index contributed by atoms with van der Waals surface area (Å²) in [5, 5.41) is 11.8. The number of anilines is 1. The first-order valence-corrected chi connectivity index (χ1v) is 12.1. The molecule has 0 unspecified atom stereocenters. The Hall–Kier alpha value is -3.68. The van der Waals surface area contributed by atoms with Crippen LogP contribution in [0.2, 0.25) is 5.02 Å². The Morgan fingerprint density at radius 1 is 1.00 bits per heavy atom. The van der Waals surface area contributed by atoms with Crippen molar-refractivity contribution in [1.82, 2.24) is 4.90 Å². The second kappa shape index (κ2) is 10.1. The van der Waals surface area contributed by atoms with E-state index in [1.165, 1.54) is 0 Å². The maximum Gasteiger partial charge on any atom is 0.235 e.